The van der Waals surface area contributed by atoms with Crippen molar-refractivity contribution in [3.63, 3.8) is 0 Å². The van der Waals surface area contributed by atoms with Crippen LogP contribution >= 0.6 is 0 Å². The van der Waals surface area contributed by atoms with Gasteiger partial charge in [0.25, 0.3) is 0 Å². The molecule has 78 valence electrons. The van der Waals surface area contributed by atoms with Crippen LogP contribution in [0.15, 0.2) is 0 Å². The highest BCUT2D eigenvalue weighted by molar-refractivity contribution is 5.79. The topological polar surface area (TPSA) is 29.6 Å². The second kappa shape index (κ2) is 3.34. The fourth-order valence-electron chi connectivity index (χ4n) is 3.30. The molecule has 14 heavy (non-hydrogen) atoms. The van der Waals surface area contributed by atoms with E-state index in [1.807, 2.05) is 0 Å². The number of epoxide rings is 1. The minimum atomic E-state index is 0.484. The van der Waals surface area contributed by atoms with E-state index in [4.69, 9.17) is 4.74 Å². The Hall–Kier alpha value is -0.370. The average molecular weight is 194 g/mol. The summed E-state index contributed by atoms with van der Waals surface area (Å²) in [5, 5.41) is 0. The van der Waals surface area contributed by atoms with E-state index >= 15 is 0 Å². The second-order valence-electron chi connectivity index (χ2n) is 5.16. The SMILES string of the molecule is O=C1CCC(C2CCC3OC3C2)CC1. The largest absolute Gasteiger partial charge is 0.370 e. The number of hydrogen-bond donors (Lipinski definition) is 0. The van der Waals surface area contributed by atoms with Gasteiger partial charge in [-0.3, -0.25) is 4.79 Å². The lowest BCUT2D eigenvalue weighted by Crippen LogP contribution is -2.25. The summed E-state index contributed by atoms with van der Waals surface area (Å²) in [6.45, 7) is 0. The van der Waals surface area contributed by atoms with Crippen molar-refractivity contribution in [1.29, 1.82) is 0 Å². The van der Waals surface area contributed by atoms with Gasteiger partial charge in [-0.05, 0) is 43.9 Å². The Morgan fingerprint density at radius 1 is 0.929 bits per heavy atom. The lowest BCUT2D eigenvalue weighted by Gasteiger charge is -2.31. The van der Waals surface area contributed by atoms with Gasteiger partial charge in [-0.15, -0.1) is 0 Å². The number of fused-ring (bicyclic) bond motifs is 1. The number of rotatable bonds is 1. The number of Topliss-reactive ketones (excluding diaryl/α,β-unsaturated/α-hetero) is 1. The Labute approximate surface area is 85.0 Å². The molecule has 3 fully saturated rings. The predicted molar refractivity (Wildman–Crippen MR) is 53.0 cm³/mol. The quantitative estimate of drug-likeness (QED) is 0.599. The molecule has 2 aliphatic carbocycles. The molecule has 1 aliphatic heterocycles. The molecule has 0 bridgehead atoms. The van der Waals surface area contributed by atoms with Gasteiger partial charge in [0.15, 0.2) is 0 Å². The van der Waals surface area contributed by atoms with Crippen LogP contribution in [0.3, 0.4) is 0 Å². The molecule has 0 aromatic carbocycles. The van der Waals surface area contributed by atoms with Gasteiger partial charge in [-0.2, -0.15) is 0 Å². The molecule has 0 radical (unpaired) electrons. The third-order valence-corrected chi connectivity index (χ3v) is 4.30. The van der Waals surface area contributed by atoms with Crippen LogP contribution in [0.5, 0.6) is 0 Å². The summed E-state index contributed by atoms with van der Waals surface area (Å²) >= 11 is 0. The summed E-state index contributed by atoms with van der Waals surface area (Å²) in [4.78, 5) is 11.1. The Balaban J connectivity index is 1.56. The van der Waals surface area contributed by atoms with Gasteiger partial charge in [-0.1, -0.05) is 0 Å². The summed E-state index contributed by atoms with van der Waals surface area (Å²) in [7, 11) is 0. The number of carbonyl (C=O) groups is 1. The predicted octanol–water partition coefficient (Wildman–Crippen LogP) is 2.31. The zero-order valence-corrected chi connectivity index (χ0v) is 8.58. The van der Waals surface area contributed by atoms with Crippen molar-refractivity contribution in [2.45, 2.75) is 57.2 Å². The number of hydrogen-bond acceptors (Lipinski definition) is 2. The van der Waals surface area contributed by atoms with Crippen LogP contribution < -0.4 is 0 Å². The third-order valence-electron chi connectivity index (χ3n) is 4.30. The zero-order valence-electron chi connectivity index (χ0n) is 8.58. The van der Waals surface area contributed by atoms with E-state index in [0.717, 1.165) is 37.5 Å². The molecule has 0 amide bonds. The summed E-state index contributed by atoms with van der Waals surface area (Å²) in [6.07, 6.45) is 9.12. The molecule has 1 saturated heterocycles. The van der Waals surface area contributed by atoms with Gasteiger partial charge in [0, 0.05) is 12.8 Å². The van der Waals surface area contributed by atoms with Crippen molar-refractivity contribution in [2.75, 3.05) is 0 Å². The summed E-state index contributed by atoms with van der Waals surface area (Å²) in [5.41, 5.74) is 0. The van der Waals surface area contributed by atoms with E-state index in [1.165, 1.54) is 19.3 Å². The van der Waals surface area contributed by atoms with Crippen molar-refractivity contribution < 1.29 is 9.53 Å². The van der Waals surface area contributed by atoms with Crippen LogP contribution in [0.25, 0.3) is 0 Å². The molecule has 3 unspecified atom stereocenters. The van der Waals surface area contributed by atoms with Crippen LogP contribution in [-0.4, -0.2) is 18.0 Å². The van der Waals surface area contributed by atoms with Gasteiger partial charge < -0.3 is 4.74 Å². The fourth-order valence-corrected chi connectivity index (χ4v) is 3.30. The Bertz CT molecular complexity index is 239. The molecule has 3 atom stereocenters. The number of ketones is 1. The minimum Gasteiger partial charge on any atom is -0.370 e. The summed E-state index contributed by atoms with van der Waals surface area (Å²) in [6, 6.07) is 0. The molecule has 0 aromatic rings. The number of ether oxygens (including phenoxy) is 1. The molecule has 2 nitrogen and oxygen atoms in total. The highest BCUT2D eigenvalue weighted by Crippen LogP contribution is 2.45. The normalized spacial score (nSPS) is 43.4. The van der Waals surface area contributed by atoms with Crippen molar-refractivity contribution in [1.82, 2.24) is 0 Å². The fraction of sp³-hybridized carbons (Fsp3) is 0.917. The summed E-state index contributed by atoms with van der Waals surface area (Å²) < 4.78 is 5.55. The first-order valence-corrected chi connectivity index (χ1v) is 6.00. The maximum absolute atomic E-state index is 11.1. The molecule has 1 heterocycles. The molecule has 0 N–H and O–H groups in total. The van der Waals surface area contributed by atoms with Crippen LogP contribution in [0.2, 0.25) is 0 Å². The van der Waals surface area contributed by atoms with Crippen LogP contribution in [0, 0.1) is 11.8 Å². The second-order valence-corrected chi connectivity index (χ2v) is 5.16. The van der Waals surface area contributed by atoms with E-state index in [9.17, 15) is 4.79 Å². The molecular formula is C12H18O2. The van der Waals surface area contributed by atoms with Crippen molar-refractivity contribution in [3.05, 3.63) is 0 Å². The van der Waals surface area contributed by atoms with Gasteiger partial charge in [-0.25, -0.2) is 0 Å². The lowest BCUT2D eigenvalue weighted by atomic mass is 9.73. The molecule has 3 rings (SSSR count). The van der Waals surface area contributed by atoms with E-state index in [2.05, 4.69) is 0 Å². The highest BCUT2D eigenvalue weighted by atomic mass is 16.6. The molecule has 2 saturated carbocycles. The molecular weight excluding hydrogens is 176 g/mol. The Morgan fingerprint density at radius 2 is 1.71 bits per heavy atom. The summed E-state index contributed by atoms with van der Waals surface area (Å²) in [5.74, 6) is 2.18. The van der Waals surface area contributed by atoms with Crippen LogP contribution in [0.4, 0.5) is 0 Å². The van der Waals surface area contributed by atoms with E-state index in [1.54, 1.807) is 0 Å². The van der Waals surface area contributed by atoms with E-state index < -0.39 is 0 Å². The third kappa shape index (κ3) is 1.60. The first-order chi connectivity index (χ1) is 6.83. The monoisotopic (exact) mass is 194 g/mol. The van der Waals surface area contributed by atoms with Gasteiger partial charge in [0.2, 0.25) is 0 Å². The lowest BCUT2D eigenvalue weighted by molar-refractivity contribution is -0.121. The van der Waals surface area contributed by atoms with E-state index in [0.29, 0.717) is 18.0 Å². The van der Waals surface area contributed by atoms with Crippen LogP contribution in [-0.2, 0) is 9.53 Å². The smallest absolute Gasteiger partial charge is 0.132 e. The van der Waals surface area contributed by atoms with Gasteiger partial charge >= 0.3 is 0 Å². The number of carbonyl (C=O) groups excluding carboxylic acids is 1. The average Bonchev–Trinajstić information content (AvgIpc) is 2.96. The standard InChI is InChI=1S/C12H18O2/c13-10-4-1-8(2-5-10)9-3-6-11-12(7-9)14-11/h8-9,11-12H,1-7H2. The zero-order chi connectivity index (χ0) is 9.54. The minimum absolute atomic E-state index is 0.484. The van der Waals surface area contributed by atoms with E-state index in [-0.39, 0.29) is 0 Å². The highest BCUT2D eigenvalue weighted by Gasteiger charge is 2.45. The molecule has 2 heteroatoms. The maximum Gasteiger partial charge on any atom is 0.132 e. The maximum atomic E-state index is 11.1. The first-order valence-electron chi connectivity index (χ1n) is 6.00. The van der Waals surface area contributed by atoms with Crippen LogP contribution in [0.1, 0.15) is 44.9 Å². The first kappa shape index (κ1) is 8.90. The van der Waals surface area contributed by atoms with Gasteiger partial charge in [0.1, 0.15) is 5.78 Å². The Morgan fingerprint density at radius 3 is 2.43 bits per heavy atom. The van der Waals surface area contributed by atoms with Crippen molar-refractivity contribution in [3.8, 4) is 0 Å². The molecule has 0 aromatic heterocycles. The molecule has 3 aliphatic rings. The van der Waals surface area contributed by atoms with Gasteiger partial charge in [0.05, 0.1) is 12.2 Å². The van der Waals surface area contributed by atoms with Crippen molar-refractivity contribution >= 4 is 5.78 Å². The Kier molecular flexibility index (Phi) is 2.12. The molecule has 0 spiro atoms. The van der Waals surface area contributed by atoms with Crippen molar-refractivity contribution in [2.24, 2.45) is 11.8 Å².